The zero-order valence-corrected chi connectivity index (χ0v) is 33.3. The molecule has 3 unspecified atom stereocenters. The predicted molar refractivity (Wildman–Crippen MR) is 245 cm³/mol. The van der Waals surface area contributed by atoms with Crippen LogP contribution in [-0.2, 0) is 5.41 Å². The smallest absolute Gasteiger partial charge is 0.164 e. The number of hydrogen-bond donors (Lipinski definition) is 0. The Labute approximate surface area is 353 Å². The highest BCUT2D eigenvalue weighted by molar-refractivity contribution is 8.00. The lowest BCUT2D eigenvalue weighted by Crippen LogP contribution is -2.43. The molecule has 3 aliphatic rings. The molecule has 60 heavy (non-hydrogen) atoms. The van der Waals surface area contributed by atoms with Gasteiger partial charge in [0.2, 0.25) is 0 Å². The summed E-state index contributed by atoms with van der Waals surface area (Å²) < 4.78 is 0. The predicted octanol–water partition coefficient (Wildman–Crippen LogP) is 13.3. The SMILES string of the molecule is C1=CC2Sc3ccccc3C3(c4cccc(-c5ccc6cccnc6c5)c4-c4c(-c5nc(-c6ccccc6)nc(-c6cccc(-c7ccccc7)c6)n5)cccc43)C2C=C1. The third kappa shape index (κ3) is 5.39. The minimum atomic E-state index is -0.471. The van der Waals surface area contributed by atoms with Crippen LogP contribution < -0.4 is 0 Å². The van der Waals surface area contributed by atoms with Crippen LogP contribution >= 0.6 is 11.8 Å². The molecule has 0 saturated heterocycles. The fourth-order valence-electron chi connectivity index (χ4n) is 9.88. The van der Waals surface area contributed by atoms with E-state index in [1.165, 1.54) is 38.3 Å². The number of fused-ring (bicyclic) bond motifs is 10. The lowest BCUT2D eigenvalue weighted by Gasteiger charge is -2.47. The molecule has 5 heteroatoms. The van der Waals surface area contributed by atoms with E-state index in [0.29, 0.717) is 17.5 Å². The number of pyridine rings is 1. The van der Waals surface area contributed by atoms with Gasteiger partial charge in [-0.1, -0.05) is 176 Å². The van der Waals surface area contributed by atoms with Crippen LogP contribution in [0.25, 0.3) is 78.4 Å². The second-order valence-corrected chi connectivity index (χ2v) is 16.9. The molecule has 3 heterocycles. The second-order valence-electron chi connectivity index (χ2n) is 15.7. The summed E-state index contributed by atoms with van der Waals surface area (Å²) in [7, 11) is 0. The number of aromatic nitrogens is 4. The first-order valence-corrected chi connectivity index (χ1v) is 21.3. The van der Waals surface area contributed by atoms with Gasteiger partial charge in [0.25, 0.3) is 0 Å². The van der Waals surface area contributed by atoms with Crippen molar-refractivity contribution in [3.8, 4) is 67.5 Å². The van der Waals surface area contributed by atoms with Crippen molar-refractivity contribution >= 4 is 22.7 Å². The molecule has 1 aliphatic heterocycles. The van der Waals surface area contributed by atoms with Crippen molar-refractivity contribution in [3.05, 3.63) is 223 Å². The van der Waals surface area contributed by atoms with Crippen molar-refractivity contribution in [2.24, 2.45) is 5.92 Å². The molecule has 282 valence electrons. The maximum absolute atomic E-state index is 5.43. The molecule has 4 nitrogen and oxygen atoms in total. The first-order valence-electron chi connectivity index (χ1n) is 20.5. The summed E-state index contributed by atoms with van der Waals surface area (Å²) in [5, 5.41) is 1.38. The number of hydrogen-bond acceptors (Lipinski definition) is 5. The van der Waals surface area contributed by atoms with Crippen LogP contribution in [0, 0.1) is 5.92 Å². The van der Waals surface area contributed by atoms with Gasteiger partial charge in [-0.15, -0.1) is 11.8 Å². The van der Waals surface area contributed by atoms with E-state index in [-0.39, 0.29) is 11.2 Å². The minimum Gasteiger partial charge on any atom is -0.256 e. The Hall–Kier alpha value is -7.21. The van der Waals surface area contributed by atoms with Gasteiger partial charge in [0.1, 0.15) is 0 Å². The van der Waals surface area contributed by atoms with Crippen molar-refractivity contribution in [1.82, 2.24) is 19.9 Å². The highest BCUT2D eigenvalue weighted by Crippen LogP contribution is 2.65. The Balaban J connectivity index is 1.16. The fraction of sp³-hybridized carbons (Fsp3) is 0.0545. The van der Waals surface area contributed by atoms with E-state index >= 15 is 0 Å². The van der Waals surface area contributed by atoms with E-state index < -0.39 is 5.41 Å². The summed E-state index contributed by atoms with van der Waals surface area (Å²) in [5.41, 5.74) is 14.2. The standard InChI is InChI=1S/C55H36N4S/c1-3-15-35(16-4-1)38-19-11-20-40(33-38)53-57-52(37-17-5-2-6-18-37)58-54(59-53)42-23-13-27-46-51(42)50-41(39-31-30-36-21-14-32-56-47(36)34-39)22-12-26-45(50)55(46)43-24-7-9-28-48(43)60-49-29-10-8-25-44(49)55/h1-34,43,48H. The first-order chi connectivity index (χ1) is 29.7. The van der Waals surface area contributed by atoms with Crippen LogP contribution in [0.15, 0.2) is 211 Å². The van der Waals surface area contributed by atoms with Crippen molar-refractivity contribution in [2.75, 3.05) is 0 Å². The van der Waals surface area contributed by atoms with Crippen LogP contribution in [-0.4, -0.2) is 25.2 Å². The van der Waals surface area contributed by atoms with Crippen LogP contribution in [0.1, 0.15) is 16.7 Å². The molecule has 0 amide bonds. The molecule has 9 aromatic rings. The van der Waals surface area contributed by atoms with Crippen molar-refractivity contribution in [3.63, 3.8) is 0 Å². The molecule has 12 rings (SSSR count). The van der Waals surface area contributed by atoms with Gasteiger partial charge in [-0.05, 0) is 74.3 Å². The van der Waals surface area contributed by atoms with Crippen LogP contribution in [0.4, 0.5) is 0 Å². The van der Waals surface area contributed by atoms with Gasteiger partial charge in [-0.25, -0.2) is 15.0 Å². The lowest BCUT2D eigenvalue weighted by atomic mass is 9.61. The number of thioether (sulfide) groups is 1. The quantitative estimate of drug-likeness (QED) is 0.174. The fourth-order valence-corrected chi connectivity index (χ4v) is 11.3. The second kappa shape index (κ2) is 14.0. The molecule has 3 atom stereocenters. The van der Waals surface area contributed by atoms with E-state index in [4.69, 9.17) is 19.9 Å². The van der Waals surface area contributed by atoms with Gasteiger partial charge in [-0.2, -0.15) is 0 Å². The van der Waals surface area contributed by atoms with Gasteiger partial charge in [0.05, 0.1) is 10.9 Å². The van der Waals surface area contributed by atoms with Crippen LogP contribution in [0.5, 0.6) is 0 Å². The molecule has 1 spiro atoms. The van der Waals surface area contributed by atoms with Gasteiger partial charge < -0.3 is 0 Å². The third-order valence-corrected chi connectivity index (χ3v) is 13.8. The monoisotopic (exact) mass is 784 g/mol. The summed E-state index contributed by atoms with van der Waals surface area (Å²) in [4.78, 5) is 22.1. The zero-order valence-electron chi connectivity index (χ0n) is 32.5. The summed E-state index contributed by atoms with van der Waals surface area (Å²) in [6.07, 6.45) is 11.2. The van der Waals surface area contributed by atoms with E-state index in [0.717, 1.165) is 44.3 Å². The molecular formula is C55H36N4S. The summed E-state index contributed by atoms with van der Waals surface area (Å²) in [5.74, 6) is 2.09. The Bertz CT molecular complexity index is 3210. The first kappa shape index (κ1) is 34.8. The number of nitrogens with zero attached hydrogens (tertiary/aromatic N) is 4. The normalized spacial score (nSPS) is 18.2. The molecule has 0 bridgehead atoms. The third-order valence-electron chi connectivity index (χ3n) is 12.4. The van der Waals surface area contributed by atoms with Gasteiger partial charge in [-0.3, -0.25) is 4.98 Å². The molecule has 0 N–H and O–H groups in total. The molecule has 2 aliphatic carbocycles. The van der Waals surface area contributed by atoms with Gasteiger partial charge >= 0.3 is 0 Å². The van der Waals surface area contributed by atoms with Crippen molar-refractivity contribution in [1.29, 1.82) is 0 Å². The highest BCUT2D eigenvalue weighted by atomic mass is 32.2. The van der Waals surface area contributed by atoms with E-state index in [9.17, 15) is 0 Å². The Kier molecular flexibility index (Phi) is 8.10. The molecule has 2 aromatic heterocycles. The summed E-state index contributed by atoms with van der Waals surface area (Å²) >= 11 is 1.97. The Morgan fingerprint density at radius 2 is 1.07 bits per heavy atom. The maximum Gasteiger partial charge on any atom is 0.164 e. The average molecular weight is 785 g/mol. The zero-order chi connectivity index (χ0) is 39.6. The van der Waals surface area contributed by atoms with E-state index in [1.807, 2.05) is 48.3 Å². The average Bonchev–Trinajstić information content (AvgIpc) is 3.63. The van der Waals surface area contributed by atoms with Crippen LogP contribution in [0.2, 0.25) is 0 Å². The lowest BCUT2D eigenvalue weighted by molar-refractivity contribution is 0.449. The molecule has 7 aromatic carbocycles. The Morgan fingerprint density at radius 1 is 0.433 bits per heavy atom. The molecule has 0 saturated carbocycles. The van der Waals surface area contributed by atoms with Crippen molar-refractivity contribution in [2.45, 2.75) is 15.6 Å². The van der Waals surface area contributed by atoms with Crippen LogP contribution in [0.3, 0.4) is 0 Å². The summed E-state index contributed by atoms with van der Waals surface area (Å²) in [6.45, 7) is 0. The summed E-state index contributed by atoms with van der Waals surface area (Å²) in [6, 6.07) is 62.8. The van der Waals surface area contributed by atoms with Crippen molar-refractivity contribution < 1.29 is 0 Å². The van der Waals surface area contributed by atoms with Gasteiger partial charge in [0, 0.05) is 44.3 Å². The largest absolute Gasteiger partial charge is 0.256 e. The Morgan fingerprint density at radius 3 is 1.90 bits per heavy atom. The number of allylic oxidation sites excluding steroid dienone is 3. The number of benzene rings is 7. The molecule has 0 radical (unpaired) electrons. The molecule has 0 fully saturated rings. The topological polar surface area (TPSA) is 51.6 Å². The minimum absolute atomic E-state index is 0.167. The maximum atomic E-state index is 5.43. The van der Waals surface area contributed by atoms with E-state index in [1.54, 1.807) is 0 Å². The molecular weight excluding hydrogens is 749 g/mol. The highest BCUT2D eigenvalue weighted by Gasteiger charge is 2.56. The van der Waals surface area contributed by atoms with Gasteiger partial charge in [0.15, 0.2) is 17.5 Å². The number of rotatable bonds is 5. The van der Waals surface area contributed by atoms with E-state index in [2.05, 4.69) is 170 Å².